The predicted octanol–water partition coefficient (Wildman–Crippen LogP) is 2.03. The number of hydrogen-bond donors (Lipinski definition) is 3. The summed E-state index contributed by atoms with van der Waals surface area (Å²) in [7, 11) is -3.19. The molecule has 1 aliphatic rings. The summed E-state index contributed by atoms with van der Waals surface area (Å²) >= 11 is 0. The van der Waals surface area contributed by atoms with Crippen LogP contribution in [0.25, 0.3) is 0 Å². The van der Waals surface area contributed by atoms with Gasteiger partial charge in [-0.25, -0.2) is 22.7 Å². The summed E-state index contributed by atoms with van der Waals surface area (Å²) in [5, 5.41) is 18.6. The molecule has 0 amide bonds. The highest BCUT2D eigenvalue weighted by Gasteiger charge is 2.38. The fourth-order valence-electron chi connectivity index (χ4n) is 3.06. The molecule has 11 nitrogen and oxygen atoms in total. The van der Waals surface area contributed by atoms with Crippen LogP contribution in [0.4, 0.5) is 26.3 Å². The number of nitrogens with one attached hydrogen (secondary N) is 1. The van der Waals surface area contributed by atoms with Gasteiger partial charge in [0.15, 0.2) is 0 Å². The average molecular weight is 578 g/mol. The van der Waals surface area contributed by atoms with Crippen molar-refractivity contribution in [3.8, 4) is 0 Å². The van der Waals surface area contributed by atoms with Gasteiger partial charge < -0.3 is 10.2 Å². The van der Waals surface area contributed by atoms with E-state index >= 15 is 0 Å². The Morgan fingerprint density at radius 2 is 1.61 bits per heavy atom. The van der Waals surface area contributed by atoms with Crippen molar-refractivity contribution < 1.29 is 54.6 Å². The molecule has 2 aromatic heterocycles. The standard InChI is InChI=1S/C16H23N5O2S.2C2HF3O2/c1-13-4-3-5-15(19-13)11-20-9-14(8-18-24(2,22)23)10-21-16(12-20)6-7-17-21;2*3-2(4,5)1(6)7/h3-7,14,18H,8-12H2,1-2H3;2*(H,6,7). The van der Waals surface area contributed by atoms with Crippen LogP contribution in [0.15, 0.2) is 30.5 Å². The number of fused-ring (bicyclic) bond motifs is 1. The minimum absolute atomic E-state index is 0.158. The highest BCUT2D eigenvalue weighted by Crippen LogP contribution is 2.18. The molecule has 18 heteroatoms. The fraction of sp³-hybridized carbons (Fsp3) is 0.500. The van der Waals surface area contributed by atoms with E-state index in [9.17, 15) is 34.8 Å². The van der Waals surface area contributed by atoms with Crippen LogP contribution in [0.2, 0.25) is 0 Å². The Morgan fingerprint density at radius 1 is 1.05 bits per heavy atom. The number of halogens is 6. The van der Waals surface area contributed by atoms with E-state index in [1.165, 1.54) is 6.26 Å². The number of carboxylic acid groups (broad SMARTS) is 2. The molecule has 3 N–H and O–H groups in total. The van der Waals surface area contributed by atoms with Crippen molar-refractivity contribution in [1.29, 1.82) is 0 Å². The molecule has 0 fully saturated rings. The third-order valence-electron chi connectivity index (χ3n) is 4.59. The SMILES string of the molecule is Cc1cccc(CN2Cc3ccnn3CC(CNS(C)(=O)=O)C2)n1.O=C(O)C(F)(F)F.O=C(O)C(F)(F)F. The van der Waals surface area contributed by atoms with Gasteiger partial charge in [-0.2, -0.15) is 31.4 Å². The van der Waals surface area contributed by atoms with E-state index in [0.717, 1.165) is 36.7 Å². The summed E-state index contributed by atoms with van der Waals surface area (Å²) in [5.41, 5.74) is 3.17. The first-order valence-corrected chi connectivity index (χ1v) is 12.4. The van der Waals surface area contributed by atoms with E-state index < -0.39 is 34.3 Å². The van der Waals surface area contributed by atoms with Crippen LogP contribution >= 0.6 is 0 Å². The average Bonchev–Trinajstić information content (AvgIpc) is 3.10. The van der Waals surface area contributed by atoms with Gasteiger partial charge in [0.2, 0.25) is 10.0 Å². The minimum Gasteiger partial charge on any atom is -0.475 e. The molecule has 0 saturated carbocycles. The summed E-state index contributed by atoms with van der Waals surface area (Å²) in [6.45, 7) is 5.42. The lowest BCUT2D eigenvalue weighted by molar-refractivity contribution is -0.193. The van der Waals surface area contributed by atoms with Crippen molar-refractivity contribution >= 4 is 22.0 Å². The molecule has 0 bridgehead atoms. The number of pyridine rings is 1. The number of alkyl halides is 6. The molecule has 0 aliphatic carbocycles. The van der Waals surface area contributed by atoms with Crippen molar-refractivity contribution in [2.75, 3.05) is 19.3 Å². The Morgan fingerprint density at radius 3 is 2.08 bits per heavy atom. The van der Waals surface area contributed by atoms with Gasteiger partial charge in [0.1, 0.15) is 0 Å². The van der Waals surface area contributed by atoms with Gasteiger partial charge >= 0.3 is 24.3 Å². The highest BCUT2D eigenvalue weighted by atomic mass is 32.2. The topological polar surface area (TPSA) is 155 Å². The summed E-state index contributed by atoms with van der Waals surface area (Å²) in [6, 6.07) is 8.05. The second kappa shape index (κ2) is 13.5. The van der Waals surface area contributed by atoms with Gasteiger partial charge in [0.05, 0.1) is 17.6 Å². The molecule has 2 aromatic rings. The number of carboxylic acids is 2. The van der Waals surface area contributed by atoms with Crippen LogP contribution in [-0.4, -0.2) is 81.9 Å². The summed E-state index contributed by atoms with van der Waals surface area (Å²) in [6.07, 6.45) is -7.18. The number of rotatable bonds is 5. The number of nitrogens with zero attached hydrogens (tertiary/aromatic N) is 4. The summed E-state index contributed by atoms with van der Waals surface area (Å²) in [4.78, 5) is 24.7. The second-order valence-corrected chi connectivity index (χ2v) is 9.87. The lowest BCUT2D eigenvalue weighted by atomic mass is 10.1. The molecule has 38 heavy (non-hydrogen) atoms. The molecule has 0 radical (unpaired) electrons. The van der Waals surface area contributed by atoms with Crippen molar-refractivity contribution in [2.45, 2.75) is 38.9 Å². The molecule has 0 aromatic carbocycles. The molecule has 1 atom stereocenters. The Bertz CT molecular complexity index is 1160. The molecule has 0 saturated heterocycles. The Balaban J connectivity index is 0.000000426. The van der Waals surface area contributed by atoms with Crippen molar-refractivity contribution in [3.63, 3.8) is 0 Å². The normalized spacial score (nSPS) is 16.2. The van der Waals surface area contributed by atoms with Crippen LogP contribution in [-0.2, 0) is 39.2 Å². The number of carbonyl (C=O) groups is 2. The van der Waals surface area contributed by atoms with E-state index in [1.54, 1.807) is 6.20 Å². The fourth-order valence-corrected chi connectivity index (χ4v) is 3.59. The molecule has 1 unspecified atom stereocenters. The molecule has 3 rings (SSSR count). The lowest BCUT2D eigenvalue weighted by Gasteiger charge is -2.23. The third kappa shape index (κ3) is 12.8. The quantitative estimate of drug-likeness (QED) is 0.453. The number of aryl methyl sites for hydroxylation is 1. The first kappa shape index (κ1) is 32.8. The maximum absolute atomic E-state index is 11.4. The van der Waals surface area contributed by atoms with Gasteiger partial charge in [-0.1, -0.05) is 6.07 Å². The molecular formula is C20H25F6N5O6S. The van der Waals surface area contributed by atoms with Crippen LogP contribution in [0, 0.1) is 12.8 Å². The predicted molar refractivity (Wildman–Crippen MR) is 119 cm³/mol. The van der Waals surface area contributed by atoms with Crippen LogP contribution in [0.1, 0.15) is 17.1 Å². The number of sulfonamides is 1. The van der Waals surface area contributed by atoms with E-state index in [2.05, 4.69) is 19.7 Å². The van der Waals surface area contributed by atoms with Gasteiger partial charge in [0, 0.05) is 50.5 Å². The second-order valence-electron chi connectivity index (χ2n) is 8.04. The smallest absolute Gasteiger partial charge is 0.475 e. The van der Waals surface area contributed by atoms with Gasteiger partial charge in [-0.3, -0.25) is 14.6 Å². The zero-order valence-corrected chi connectivity index (χ0v) is 20.8. The maximum atomic E-state index is 11.4. The molecule has 0 spiro atoms. The summed E-state index contributed by atoms with van der Waals surface area (Å²) in [5.74, 6) is -5.36. The number of aliphatic carboxylic acids is 2. The van der Waals surface area contributed by atoms with Gasteiger partial charge in [0.25, 0.3) is 0 Å². The largest absolute Gasteiger partial charge is 0.490 e. The molecule has 214 valence electrons. The van der Waals surface area contributed by atoms with Crippen LogP contribution < -0.4 is 4.72 Å². The first-order valence-electron chi connectivity index (χ1n) is 10.5. The molecule has 1 aliphatic heterocycles. The Kier molecular flexibility index (Phi) is 11.7. The molecule has 3 heterocycles. The maximum Gasteiger partial charge on any atom is 0.490 e. The van der Waals surface area contributed by atoms with E-state index in [4.69, 9.17) is 19.8 Å². The van der Waals surface area contributed by atoms with Gasteiger partial charge in [-0.15, -0.1) is 0 Å². The number of aromatic nitrogens is 3. The highest BCUT2D eigenvalue weighted by molar-refractivity contribution is 7.88. The third-order valence-corrected chi connectivity index (χ3v) is 5.28. The van der Waals surface area contributed by atoms with Crippen LogP contribution in [0.5, 0.6) is 0 Å². The molecular weight excluding hydrogens is 552 g/mol. The van der Waals surface area contributed by atoms with Crippen molar-refractivity contribution in [3.05, 3.63) is 47.5 Å². The van der Waals surface area contributed by atoms with E-state index in [0.29, 0.717) is 13.1 Å². The van der Waals surface area contributed by atoms with E-state index in [-0.39, 0.29) is 5.92 Å². The van der Waals surface area contributed by atoms with Gasteiger partial charge in [-0.05, 0) is 25.1 Å². The zero-order chi connectivity index (χ0) is 29.3. The first-order chi connectivity index (χ1) is 17.3. The monoisotopic (exact) mass is 577 g/mol. The minimum atomic E-state index is -5.08. The zero-order valence-electron chi connectivity index (χ0n) is 20.0. The lowest BCUT2D eigenvalue weighted by Crippen LogP contribution is -2.36. The van der Waals surface area contributed by atoms with E-state index in [1.807, 2.05) is 35.9 Å². The number of hydrogen-bond acceptors (Lipinski definition) is 7. The summed E-state index contributed by atoms with van der Waals surface area (Å²) < 4.78 is 90.9. The van der Waals surface area contributed by atoms with Crippen molar-refractivity contribution in [2.24, 2.45) is 5.92 Å². The Hall–Kier alpha value is -3.25. The Labute approximate surface area is 213 Å². The van der Waals surface area contributed by atoms with Crippen LogP contribution in [0.3, 0.4) is 0 Å². The van der Waals surface area contributed by atoms with Crippen molar-refractivity contribution in [1.82, 2.24) is 24.4 Å².